The summed E-state index contributed by atoms with van der Waals surface area (Å²) in [5.74, 6) is 7.88. The van der Waals surface area contributed by atoms with E-state index in [4.69, 9.17) is 9.47 Å². The molecule has 1 aromatic heterocycles. The lowest BCUT2D eigenvalue weighted by molar-refractivity contribution is -0.114. The zero-order valence-corrected chi connectivity index (χ0v) is 16.1. The highest BCUT2D eigenvalue weighted by molar-refractivity contribution is 6.05. The summed E-state index contributed by atoms with van der Waals surface area (Å²) >= 11 is 0. The number of hydrogen-bond acceptors (Lipinski definition) is 4. The summed E-state index contributed by atoms with van der Waals surface area (Å²) in [6, 6.07) is 11.6. The summed E-state index contributed by atoms with van der Waals surface area (Å²) in [5.41, 5.74) is 1.01. The van der Waals surface area contributed by atoms with Gasteiger partial charge in [-0.25, -0.2) is 4.98 Å². The van der Waals surface area contributed by atoms with Crippen molar-refractivity contribution < 1.29 is 14.3 Å². The minimum Gasteiger partial charge on any atom is -0.454 e. The number of anilines is 1. The van der Waals surface area contributed by atoms with E-state index in [9.17, 15) is 4.79 Å². The van der Waals surface area contributed by atoms with E-state index in [1.165, 1.54) is 6.42 Å². The van der Waals surface area contributed by atoms with Crippen LogP contribution in [0.25, 0.3) is 0 Å². The number of hydrogen-bond donors (Lipinski definition) is 0. The first-order valence-electron chi connectivity index (χ1n) is 9.87. The lowest BCUT2D eigenvalue weighted by atomic mass is 9.94. The molecule has 5 nitrogen and oxygen atoms in total. The predicted octanol–water partition coefficient (Wildman–Crippen LogP) is 4.28. The maximum atomic E-state index is 13.0. The van der Waals surface area contributed by atoms with Crippen LogP contribution in [0.4, 0.5) is 5.82 Å². The first kappa shape index (κ1) is 18.4. The summed E-state index contributed by atoms with van der Waals surface area (Å²) in [6.07, 6.45) is 7.24. The van der Waals surface area contributed by atoms with Gasteiger partial charge in [0.25, 0.3) is 0 Å². The topological polar surface area (TPSA) is 51.7 Å². The Bertz CT molecular complexity index is 895. The van der Waals surface area contributed by atoms with Crippen LogP contribution < -0.4 is 14.4 Å². The Morgan fingerprint density at radius 3 is 2.75 bits per heavy atom. The molecule has 1 amide bonds. The molecule has 1 saturated carbocycles. The van der Waals surface area contributed by atoms with Crippen LogP contribution in [0.2, 0.25) is 0 Å². The van der Waals surface area contributed by atoms with Gasteiger partial charge in [0.2, 0.25) is 6.79 Å². The van der Waals surface area contributed by atoms with Crippen LogP contribution in [0, 0.1) is 11.8 Å². The van der Waals surface area contributed by atoms with Gasteiger partial charge in [0.1, 0.15) is 5.82 Å². The number of amides is 1. The molecule has 0 N–H and O–H groups in total. The van der Waals surface area contributed by atoms with Crippen molar-refractivity contribution >= 4 is 11.7 Å². The monoisotopic (exact) mass is 376 g/mol. The standard InChI is InChI=1S/C23H24N2O3/c1-17(18-11-12-20-21(15-18)28-16-27-20)10-13-23(26)25(19-7-3-2-4-8-19)22-9-5-6-14-24-22/h5-6,9,11-12,14-15,17,19H,2-4,7-8,16H2,1H3. The number of rotatable bonds is 3. The highest BCUT2D eigenvalue weighted by Gasteiger charge is 2.27. The van der Waals surface area contributed by atoms with Gasteiger partial charge in [-0.1, -0.05) is 37.3 Å². The molecule has 1 unspecified atom stereocenters. The fraction of sp³-hybridized carbons (Fsp3) is 0.391. The molecule has 5 heteroatoms. The number of ether oxygens (including phenoxy) is 2. The third kappa shape index (κ3) is 3.96. The Labute approximate surface area is 165 Å². The van der Waals surface area contributed by atoms with E-state index >= 15 is 0 Å². The molecule has 1 atom stereocenters. The van der Waals surface area contributed by atoms with Gasteiger partial charge < -0.3 is 9.47 Å². The van der Waals surface area contributed by atoms with E-state index in [-0.39, 0.29) is 24.7 Å². The van der Waals surface area contributed by atoms with Crippen molar-refractivity contribution in [1.29, 1.82) is 0 Å². The lowest BCUT2D eigenvalue weighted by Crippen LogP contribution is -2.41. The number of fused-ring (bicyclic) bond motifs is 1. The second-order valence-corrected chi connectivity index (χ2v) is 7.26. The second kappa shape index (κ2) is 8.35. The number of carbonyl (C=O) groups excluding carboxylic acids is 1. The van der Waals surface area contributed by atoms with Gasteiger partial charge in [-0.15, -0.1) is 0 Å². The van der Waals surface area contributed by atoms with E-state index < -0.39 is 0 Å². The summed E-state index contributed by atoms with van der Waals surface area (Å²) in [6.45, 7) is 2.24. The van der Waals surface area contributed by atoms with Crippen molar-refractivity contribution in [2.75, 3.05) is 11.7 Å². The molecule has 1 aliphatic carbocycles. The molecule has 0 spiro atoms. The SMILES string of the molecule is CC(C#CC(=O)N(c1ccccn1)C1CCCCC1)c1ccc2c(c1)OCO2. The van der Waals surface area contributed by atoms with Gasteiger partial charge in [-0.05, 0) is 55.5 Å². The predicted molar refractivity (Wildman–Crippen MR) is 107 cm³/mol. The first-order chi connectivity index (χ1) is 13.7. The van der Waals surface area contributed by atoms with Crippen molar-refractivity contribution in [1.82, 2.24) is 4.98 Å². The largest absolute Gasteiger partial charge is 0.454 e. The fourth-order valence-corrected chi connectivity index (χ4v) is 3.79. The Hall–Kier alpha value is -3.00. The molecule has 1 aromatic carbocycles. The normalized spacial score (nSPS) is 16.8. The lowest BCUT2D eigenvalue weighted by Gasteiger charge is -2.32. The molecule has 0 radical (unpaired) electrons. The van der Waals surface area contributed by atoms with Crippen LogP contribution >= 0.6 is 0 Å². The van der Waals surface area contributed by atoms with Crippen LogP contribution in [-0.2, 0) is 4.79 Å². The van der Waals surface area contributed by atoms with Crippen molar-refractivity contribution in [3.05, 3.63) is 48.2 Å². The van der Waals surface area contributed by atoms with Crippen LogP contribution in [0.3, 0.4) is 0 Å². The summed E-state index contributed by atoms with van der Waals surface area (Å²) in [5, 5.41) is 0. The van der Waals surface area contributed by atoms with Crippen molar-refractivity contribution in [2.24, 2.45) is 0 Å². The Morgan fingerprint density at radius 2 is 1.96 bits per heavy atom. The molecule has 1 aliphatic heterocycles. The van der Waals surface area contributed by atoms with Crippen LogP contribution in [-0.4, -0.2) is 23.7 Å². The minimum absolute atomic E-state index is 0.0876. The van der Waals surface area contributed by atoms with Gasteiger partial charge in [-0.2, -0.15) is 0 Å². The molecule has 0 bridgehead atoms. The number of carbonyl (C=O) groups is 1. The van der Waals surface area contributed by atoms with Gasteiger partial charge in [0.15, 0.2) is 11.5 Å². The molecule has 144 valence electrons. The Morgan fingerprint density at radius 1 is 1.14 bits per heavy atom. The summed E-state index contributed by atoms with van der Waals surface area (Å²) in [4.78, 5) is 19.2. The summed E-state index contributed by atoms with van der Waals surface area (Å²) < 4.78 is 10.8. The molecule has 4 rings (SSSR count). The molecular weight excluding hydrogens is 352 g/mol. The number of aromatic nitrogens is 1. The van der Waals surface area contributed by atoms with Gasteiger partial charge in [0, 0.05) is 18.2 Å². The number of benzene rings is 1. The molecule has 2 heterocycles. The molecule has 2 aromatic rings. The smallest absolute Gasteiger partial charge is 0.304 e. The average Bonchev–Trinajstić information content (AvgIpc) is 3.22. The Balaban J connectivity index is 1.54. The number of pyridine rings is 1. The van der Waals surface area contributed by atoms with Crippen molar-refractivity contribution in [2.45, 2.75) is 51.0 Å². The second-order valence-electron chi connectivity index (χ2n) is 7.26. The zero-order valence-electron chi connectivity index (χ0n) is 16.1. The molecule has 0 saturated heterocycles. The first-order valence-corrected chi connectivity index (χ1v) is 9.87. The van der Waals surface area contributed by atoms with Crippen LogP contribution in [0.5, 0.6) is 11.5 Å². The minimum atomic E-state index is -0.182. The van der Waals surface area contributed by atoms with Crippen LogP contribution in [0.15, 0.2) is 42.6 Å². The maximum absolute atomic E-state index is 13.0. The van der Waals surface area contributed by atoms with Crippen LogP contribution in [0.1, 0.15) is 50.5 Å². The van der Waals surface area contributed by atoms with E-state index in [1.54, 1.807) is 11.1 Å². The van der Waals surface area contributed by atoms with E-state index in [0.717, 1.165) is 42.7 Å². The quantitative estimate of drug-likeness (QED) is 0.750. The maximum Gasteiger partial charge on any atom is 0.304 e. The molecule has 1 fully saturated rings. The average molecular weight is 376 g/mol. The van der Waals surface area contributed by atoms with Crippen molar-refractivity contribution in [3.63, 3.8) is 0 Å². The molecule has 28 heavy (non-hydrogen) atoms. The molecule has 2 aliphatic rings. The highest BCUT2D eigenvalue weighted by atomic mass is 16.7. The summed E-state index contributed by atoms with van der Waals surface area (Å²) in [7, 11) is 0. The third-order valence-corrected chi connectivity index (χ3v) is 5.35. The fourth-order valence-electron chi connectivity index (χ4n) is 3.79. The Kier molecular flexibility index (Phi) is 5.48. The van der Waals surface area contributed by atoms with Gasteiger partial charge in [0.05, 0.1) is 0 Å². The third-order valence-electron chi connectivity index (χ3n) is 5.35. The van der Waals surface area contributed by atoms with Gasteiger partial charge in [-0.3, -0.25) is 9.69 Å². The van der Waals surface area contributed by atoms with Gasteiger partial charge >= 0.3 is 5.91 Å². The van der Waals surface area contributed by atoms with E-state index in [0.29, 0.717) is 5.82 Å². The van der Waals surface area contributed by atoms with Crippen molar-refractivity contribution in [3.8, 4) is 23.3 Å². The molecular formula is C23H24N2O3. The van der Waals surface area contributed by atoms with E-state index in [2.05, 4.69) is 16.8 Å². The highest BCUT2D eigenvalue weighted by Crippen LogP contribution is 2.34. The number of nitrogens with zero attached hydrogens (tertiary/aromatic N) is 2. The van der Waals surface area contributed by atoms with E-state index in [1.807, 2.05) is 43.3 Å². The zero-order chi connectivity index (χ0) is 19.3.